The first-order valence-corrected chi connectivity index (χ1v) is 26.8. The van der Waals surface area contributed by atoms with E-state index in [0.29, 0.717) is 85.6 Å². The highest BCUT2D eigenvalue weighted by Crippen LogP contribution is 2.38. The molecule has 0 spiro atoms. The number of methoxy groups -OCH3 is 2. The summed E-state index contributed by atoms with van der Waals surface area (Å²) in [6.45, 7) is 8.61. The molecule has 4 aromatic carbocycles. The number of hydrogen-bond donors (Lipinski definition) is 2. The van der Waals surface area contributed by atoms with Crippen LogP contribution in [0.5, 0.6) is 17.2 Å². The zero-order valence-corrected chi connectivity index (χ0v) is 44.6. The van der Waals surface area contributed by atoms with Gasteiger partial charge in [-0.2, -0.15) is 0 Å². The second-order valence-electron chi connectivity index (χ2n) is 20.3. The molecule has 2 saturated heterocycles. The summed E-state index contributed by atoms with van der Waals surface area (Å²) in [7, 11) is 3.17. The maximum Gasteiger partial charge on any atom is 0.329 e. The number of piperidine rings is 2. The number of nitrogens with zero attached hydrogens (tertiary/aromatic N) is 2. The van der Waals surface area contributed by atoms with Crippen LogP contribution in [0, 0.1) is 20.8 Å². The van der Waals surface area contributed by atoms with Crippen molar-refractivity contribution in [2.24, 2.45) is 0 Å². The topological polar surface area (TPSA) is 187 Å². The number of rotatable bonds is 25. The second-order valence-corrected chi connectivity index (χ2v) is 20.3. The van der Waals surface area contributed by atoms with Crippen LogP contribution in [-0.4, -0.2) is 90.5 Å². The van der Waals surface area contributed by atoms with Crippen LogP contribution in [0.25, 0.3) is 0 Å². The Bertz CT molecular complexity index is 2740. The molecular formula is C60H74N4O11. The molecule has 75 heavy (non-hydrogen) atoms. The maximum atomic E-state index is 14.5. The Morgan fingerprint density at radius 2 is 1.55 bits per heavy atom. The number of Topliss-reactive ketones (excluding diaryl/α,β-unsaturated/α-hetero) is 1. The highest BCUT2D eigenvalue weighted by molar-refractivity contribution is 6.07. The zero-order valence-electron chi connectivity index (χ0n) is 44.6. The third-order valence-electron chi connectivity index (χ3n) is 15.0. The Kier molecular flexibility index (Phi) is 19.6. The lowest BCUT2D eigenvalue weighted by atomic mass is 9.91. The highest BCUT2D eigenvalue weighted by Gasteiger charge is 2.41. The van der Waals surface area contributed by atoms with Gasteiger partial charge >= 0.3 is 5.97 Å². The smallest absolute Gasteiger partial charge is 0.329 e. The van der Waals surface area contributed by atoms with Gasteiger partial charge in [0.2, 0.25) is 23.6 Å². The first-order chi connectivity index (χ1) is 36.2. The van der Waals surface area contributed by atoms with Crippen LogP contribution in [0.4, 0.5) is 5.69 Å². The van der Waals surface area contributed by atoms with Gasteiger partial charge in [-0.1, -0.05) is 75.1 Å². The molecule has 7 rings (SSSR count). The monoisotopic (exact) mass is 1030 g/mol. The number of imide groups is 1. The number of anilines is 1. The number of benzene rings is 4. The summed E-state index contributed by atoms with van der Waals surface area (Å²) < 4.78 is 23.7. The van der Waals surface area contributed by atoms with Crippen molar-refractivity contribution < 1.29 is 52.5 Å². The fourth-order valence-corrected chi connectivity index (χ4v) is 10.6. The SMILES string of the molecule is CC[C@H](C(=O)N1CCCC[C@H]1C(=O)OC(CCc1ccc(C)c(C)c1)c1cccc(OCC(=O)CCCCCCCCC(=O)Nc2cccc3c2CN(C2CCC(=O)NC2=O)C3=O)c1)c1cc(C)c(OC)c(OC)c1. The molecule has 2 N–H and O–H groups in total. The Balaban J connectivity index is 0.877. The van der Waals surface area contributed by atoms with Crippen molar-refractivity contribution in [1.29, 1.82) is 0 Å². The third-order valence-corrected chi connectivity index (χ3v) is 15.0. The lowest BCUT2D eigenvalue weighted by Crippen LogP contribution is -2.52. The van der Waals surface area contributed by atoms with E-state index >= 15 is 0 Å². The van der Waals surface area contributed by atoms with Gasteiger partial charge < -0.3 is 34.1 Å². The molecule has 0 aromatic heterocycles. The van der Waals surface area contributed by atoms with E-state index in [1.807, 2.05) is 44.2 Å². The molecule has 0 bridgehead atoms. The number of ketones is 1. The first-order valence-electron chi connectivity index (χ1n) is 26.8. The van der Waals surface area contributed by atoms with E-state index in [0.717, 1.165) is 67.2 Å². The van der Waals surface area contributed by atoms with Gasteiger partial charge in [0.25, 0.3) is 5.91 Å². The van der Waals surface area contributed by atoms with Crippen molar-refractivity contribution >= 4 is 47.0 Å². The van der Waals surface area contributed by atoms with E-state index in [9.17, 15) is 33.6 Å². The largest absolute Gasteiger partial charge is 0.493 e. The molecule has 15 nitrogen and oxygen atoms in total. The predicted molar refractivity (Wildman–Crippen MR) is 285 cm³/mol. The maximum absolute atomic E-state index is 14.5. The first kappa shape index (κ1) is 55.7. The molecule has 0 aliphatic carbocycles. The number of fused-ring (bicyclic) bond motifs is 1. The van der Waals surface area contributed by atoms with E-state index in [1.54, 1.807) is 43.4 Å². The Hall–Kier alpha value is -7.03. The van der Waals surface area contributed by atoms with Gasteiger partial charge in [0.1, 0.15) is 30.5 Å². The quantitative estimate of drug-likeness (QED) is 0.0366. The van der Waals surface area contributed by atoms with Crippen molar-refractivity contribution in [2.45, 2.75) is 161 Å². The third kappa shape index (κ3) is 14.2. The fourth-order valence-electron chi connectivity index (χ4n) is 10.6. The summed E-state index contributed by atoms with van der Waals surface area (Å²) in [6.07, 6.45) is 9.25. The van der Waals surface area contributed by atoms with E-state index in [-0.39, 0.29) is 55.4 Å². The molecule has 4 atom stereocenters. The molecular weight excluding hydrogens is 953 g/mol. The molecule has 4 aromatic rings. The number of ether oxygens (including phenoxy) is 4. The van der Waals surface area contributed by atoms with Crippen molar-refractivity contribution in [3.8, 4) is 17.2 Å². The number of esters is 1. The van der Waals surface area contributed by atoms with Crippen LogP contribution in [0.15, 0.2) is 72.8 Å². The molecule has 3 heterocycles. The number of likely N-dealkylation sites (tertiary alicyclic amines) is 1. The van der Waals surface area contributed by atoms with Crippen molar-refractivity contribution in [3.05, 3.63) is 117 Å². The predicted octanol–water partition coefficient (Wildman–Crippen LogP) is 9.89. The van der Waals surface area contributed by atoms with E-state index in [4.69, 9.17) is 18.9 Å². The Morgan fingerprint density at radius 1 is 0.787 bits per heavy atom. The lowest BCUT2D eigenvalue weighted by Gasteiger charge is -2.37. The lowest BCUT2D eigenvalue weighted by molar-refractivity contribution is -0.162. The normalized spacial score (nSPS) is 17.2. The van der Waals surface area contributed by atoms with Gasteiger partial charge in [0.05, 0.1) is 20.1 Å². The average Bonchev–Trinajstić information content (AvgIpc) is 3.74. The van der Waals surface area contributed by atoms with E-state index in [2.05, 4.69) is 42.7 Å². The summed E-state index contributed by atoms with van der Waals surface area (Å²) in [6, 6.07) is 21.3. The summed E-state index contributed by atoms with van der Waals surface area (Å²) in [5.74, 6) is -0.644. The summed E-state index contributed by atoms with van der Waals surface area (Å²) in [5, 5.41) is 5.27. The highest BCUT2D eigenvalue weighted by atomic mass is 16.5. The number of carbonyl (C=O) groups excluding carboxylic acids is 7. The molecule has 400 valence electrons. The van der Waals surface area contributed by atoms with Crippen LogP contribution in [0.3, 0.4) is 0 Å². The van der Waals surface area contributed by atoms with E-state index < -0.39 is 36.0 Å². The summed E-state index contributed by atoms with van der Waals surface area (Å²) >= 11 is 0. The second kappa shape index (κ2) is 26.5. The molecule has 0 saturated carbocycles. The van der Waals surface area contributed by atoms with Gasteiger partial charge in [-0.05, 0) is 142 Å². The number of hydrogen-bond acceptors (Lipinski definition) is 11. The molecule has 2 fully saturated rings. The van der Waals surface area contributed by atoms with Crippen LogP contribution in [0.2, 0.25) is 0 Å². The average molecular weight is 1030 g/mol. The Labute approximate surface area is 441 Å². The van der Waals surface area contributed by atoms with Crippen LogP contribution in [0.1, 0.15) is 165 Å². The molecule has 0 radical (unpaired) electrons. The van der Waals surface area contributed by atoms with E-state index in [1.165, 1.54) is 16.0 Å². The van der Waals surface area contributed by atoms with Crippen LogP contribution >= 0.6 is 0 Å². The zero-order chi connectivity index (χ0) is 53.6. The standard InChI is InChI=1S/C60H74N4O11/c1-7-46(43-33-40(4)56(73-6)53(35-43)72-5)58(69)63-31-15-14-23-51(63)60(71)75-52(29-27-41-26-25-38(2)39(3)32-41)42-18-16-20-45(34-42)74-37-44(65)19-12-10-8-9-11-13-24-54(66)61-49-22-17-21-47-48(49)36-64(59(47)70)50-28-30-55(67)62-57(50)68/h16-18,20-22,25-26,32-35,46,50-52H,7-15,19,23-24,27-31,36-37H2,1-6H3,(H,61,66)(H,62,67,68)/t46-,50?,51-,52?/m0/s1. The van der Waals surface area contributed by atoms with Gasteiger partial charge in [0.15, 0.2) is 17.3 Å². The number of nitrogens with one attached hydrogen (secondary N) is 2. The number of aryl methyl sites for hydroxylation is 4. The van der Waals surface area contributed by atoms with Gasteiger partial charge in [-0.15, -0.1) is 0 Å². The summed E-state index contributed by atoms with van der Waals surface area (Å²) in [4.78, 5) is 95.3. The minimum Gasteiger partial charge on any atom is -0.493 e. The van der Waals surface area contributed by atoms with Crippen LogP contribution < -0.4 is 24.8 Å². The molecule has 3 aliphatic rings. The molecule has 2 unspecified atom stereocenters. The van der Waals surface area contributed by atoms with Crippen molar-refractivity contribution in [1.82, 2.24) is 15.1 Å². The number of amides is 5. The minimum absolute atomic E-state index is 0.0141. The van der Waals surface area contributed by atoms with Crippen molar-refractivity contribution in [3.63, 3.8) is 0 Å². The van der Waals surface area contributed by atoms with Gasteiger partial charge in [-0.25, -0.2) is 4.79 Å². The minimum atomic E-state index is -0.741. The summed E-state index contributed by atoms with van der Waals surface area (Å²) in [5.41, 5.74) is 7.59. The molecule has 15 heteroatoms. The van der Waals surface area contributed by atoms with Crippen molar-refractivity contribution in [2.75, 3.05) is 32.7 Å². The fraction of sp³-hybridized carbons (Fsp3) is 0.483. The van der Waals surface area contributed by atoms with Gasteiger partial charge in [-0.3, -0.25) is 34.1 Å². The molecule has 5 amide bonds. The van der Waals surface area contributed by atoms with Crippen LogP contribution in [-0.2, 0) is 46.5 Å². The molecule has 3 aliphatic heterocycles. The number of unbranched alkanes of at least 4 members (excludes halogenated alkanes) is 5. The Morgan fingerprint density at radius 3 is 2.28 bits per heavy atom. The number of carbonyl (C=O) groups is 7. The van der Waals surface area contributed by atoms with Gasteiger partial charge in [0, 0.05) is 49.2 Å².